The number of hydrogen-bond acceptors (Lipinski definition) is 3. The van der Waals surface area contributed by atoms with Crippen molar-refractivity contribution in [3.8, 4) is 0 Å². The Kier molecular flexibility index (Phi) is 6.57. The van der Waals surface area contributed by atoms with E-state index in [1.54, 1.807) is 0 Å². The highest BCUT2D eigenvalue weighted by atomic mass is 127. The molecule has 0 aliphatic rings. The van der Waals surface area contributed by atoms with Crippen molar-refractivity contribution in [1.82, 2.24) is 9.97 Å². The predicted octanol–water partition coefficient (Wildman–Crippen LogP) is 3.47. The summed E-state index contributed by atoms with van der Waals surface area (Å²) < 4.78 is 1.07. The van der Waals surface area contributed by atoms with Crippen LogP contribution in [0.4, 0.5) is 5.95 Å². The van der Waals surface area contributed by atoms with Gasteiger partial charge in [-0.1, -0.05) is 29.8 Å². The lowest BCUT2D eigenvalue weighted by Gasteiger charge is -2.29. The zero-order valence-electron chi connectivity index (χ0n) is 9.66. The van der Waals surface area contributed by atoms with Gasteiger partial charge in [0.25, 0.3) is 0 Å². The Labute approximate surface area is 119 Å². The fraction of sp³-hybridized carbons (Fsp3) is 0.636. The van der Waals surface area contributed by atoms with Crippen LogP contribution < -0.4 is 4.90 Å². The van der Waals surface area contributed by atoms with Gasteiger partial charge in [0.15, 0.2) is 0 Å². The number of halogens is 2. The van der Waals surface area contributed by atoms with Gasteiger partial charge in [0.2, 0.25) is 5.95 Å². The maximum atomic E-state index is 4.40. The van der Waals surface area contributed by atoms with E-state index in [1.165, 1.54) is 0 Å². The maximum absolute atomic E-state index is 4.40. The molecule has 0 N–H and O–H groups in total. The highest BCUT2D eigenvalue weighted by Gasteiger charge is 2.17. The topological polar surface area (TPSA) is 29.0 Å². The van der Waals surface area contributed by atoms with Crippen LogP contribution in [0.2, 0.25) is 0 Å². The first-order valence-corrected chi connectivity index (χ1v) is 7.73. The van der Waals surface area contributed by atoms with E-state index in [4.69, 9.17) is 0 Å². The number of aromatic nitrogens is 2. The number of alkyl halides is 1. The molecule has 0 amide bonds. The van der Waals surface area contributed by atoms with Crippen molar-refractivity contribution in [3.63, 3.8) is 0 Å². The minimum Gasteiger partial charge on any atom is -0.337 e. The van der Waals surface area contributed by atoms with Gasteiger partial charge in [-0.15, -0.1) is 0 Å². The Balaban J connectivity index is 2.87. The normalized spacial score (nSPS) is 10.8. The smallest absolute Gasteiger partial charge is 0.225 e. The second kappa shape index (κ2) is 7.42. The Morgan fingerprint density at radius 1 is 1.31 bits per heavy atom. The highest BCUT2D eigenvalue weighted by Crippen LogP contribution is 2.16. The summed E-state index contributed by atoms with van der Waals surface area (Å²) in [6.45, 7) is 5.37. The molecule has 0 bridgehead atoms. The van der Waals surface area contributed by atoms with Gasteiger partial charge in [-0.2, -0.15) is 0 Å². The van der Waals surface area contributed by atoms with Crippen molar-refractivity contribution >= 4 is 44.5 Å². The third kappa shape index (κ3) is 3.84. The summed E-state index contributed by atoms with van der Waals surface area (Å²) >= 11 is 5.71. The summed E-state index contributed by atoms with van der Waals surface area (Å²) in [5, 5.41) is 0.943. The second-order valence-electron chi connectivity index (χ2n) is 3.55. The Bertz CT molecular complexity index is 301. The molecule has 5 heteroatoms. The van der Waals surface area contributed by atoms with Crippen molar-refractivity contribution in [2.75, 3.05) is 16.8 Å². The molecule has 16 heavy (non-hydrogen) atoms. The zero-order chi connectivity index (χ0) is 12.0. The lowest BCUT2D eigenvalue weighted by atomic mass is 10.1. The first kappa shape index (κ1) is 14.2. The number of anilines is 1. The van der Waals surface area contributed by atoms with Gasteiger partial charge in [0.05, 0.1) is 0 Å². The molecule has 0 saturated carbocycles. The van der Waals surface area contributed by atoms with Crippen molar-refractivity contribution < 1.29 is 0 Å². The Morgan fingerprint density at radius 3 is 2.31 bits per heavy atom. The minimum atomic E-state index is 0.526. The van der Waals surface area contributed by atoms with E-state index < -0.39 is 0 Å². The lowest BCUT2D eigenvalue weighted by molar-refractivity contribution is 0.557. The van der Waals surface area contributed by atoms with Crippen LogP contribution in [0.15, 0.2) is 12.4 Å². The van der Waals surface area contributed by atoms with Crippen LogP contribution in [0.25, 0.3) is 0 Å². The van der Waals surface area contributed by atoms with Crippen LogP contribution in [0, 0.1) is 3.57 Å². The molecule has 0 radical (unpaired) electrons. The molecule has 3 nitrogen and oxygen atoms in total. The second-order valence-corrected chi connectivity index (χ2v) is 5.59. The molecule has 1 aromatic heterocycles. The van der Waals surface area contributed by atoms with E-state index in [2.05, 4.69) is 67.2 Å². The first-order valence-electron chi connectivity index (χ1n) is 5.53. The van der Waals surface area contributed by atoms with Crippen molar-refractivity contribution in [3.05, 3.63) is 16.0 Å². The molecule has 0 unspecified atom stereocenters. The minimum absolute atomic E-state index is 0.526. The summed E-state index contributed by atoms with van der Waals surface area (Å²) in [6.07, 6.45) is 5.98. The predicted molar refractivity (Wildman–Crippen MR) is 80.3 cm³/mol. The van der Waals surface area contributed by atoms with Crippen molar-refractivity contribution in [2.45, 2.75) is 32.7 Å². The third-order valence-corrected chi connectivity index (χ3v) is 3.48. The molecule has 0 atom stereocenters. The molecule has 0 aromatic carbocycles. The average molecular weight is 398 g/mol. The summed E-state index contributed by atoms with van der Waals surface area (Å²) in [7, 11) is 0. The molecular formula is C11H17BrIN3. The van der Waals surface area contributed by atoms with E-state index in [9.17, 15) is 0 Å². The van der Waals surface area contributed by atoms with Gasteiger partial charge in [-0.05, 0) is 35.4 Å². The molecule has 0 aliphatic heterocycles. The van der Waals surface area contributed by atoms with Crippen molar-refractivity contribution in [2.24, 2.45) is 0 Å². The molecular weight excluding hydrogens is 381 g/mol. The van der Waals surface area contributed by atoms with Gasteiger partial charge < -0.3 is 4.90 Å². The number of hydrogen-bond donors (Lipinski definition) is 0. The van der Waals surface area contributed by atoms with Gasteiger partial charge in [0, 0.05) is 33.9 Å². The summed E-state index contributed by atoms with van der Waals surface area (Å²) in [5.74, 6) is 0.841. The van der Waals surface area contributed by atoms with Crippen LogP contribution >= 0.6 is 38.5 Å². The van der Waals surface area contributed by atoms with Crippen LogP contribution in [-0.4, -0.2) is 27.9 Å². The molecule has 0 saturated heterocycles. The molecule has 1 rings (SSSR count). The van der Waals surface area contributed by atoms with Crippen LogP contribution in [0.1, 0.15) is 26.7 Å². The molecule has 0 spiro atoms. The first-order chi connectivity index (χ1) is 7.72. The summed E-state index contributed by atoms with van der Waals surface area (Å²) in [4.78, 5) is 11.1. The molecule has 0 fully saturated rings. The largest absolute Gasteiger partial charge is 0.337 e. The molecule has 90 valence electrons. The van der Waals surface area contributed by atoms with Gasteiger partial charge in [-0.3, -0.25) is 0 Å². The van der Waals surface area contributed by atoms with E-state index >= 15 is 0 Å². The lowest BCUT2D eigenvalue weighted by Crippen LogP contribution is -2.37. The van der Waals surface area contributed by atoms with Crippen LogP contribution in [-0.2, 0) is 0 Å². The third-order valence-electron chi connectivity index (χ3n) is 2.57. The monoisotopic (exact) mass is 397 g/mol. The Morgan fingerprint density at radius 2 is 1.88 bits per heavy atom. The Hall–Kier alpha value is 0.0900. The number of nitrogens with zero attached hydrogens (tertiary/aromatic N) is 3. The highest BCUT2D eigenvalue weighted by molar-refractivity contribution is 14.1. The average Bonchev–Trinajstić information content (AvgIpc) is 2.31. The van der Waals surface area contributed by atoms with Gasteiger partial charge in [0.1, 0.15) is 0 Å². The molecule has 0 aliphatic carbocycles. The van der Waals surface area contributed by atoms with Gasteiger partial charge >= 0.3 is 0 Å². The maximum Gasteiger partial charge on any atom is 0.225 e. The summed E-state index contributed by atoms with van der Waals surface area (Å²) in [5.41, 5.74) is 0. The quantitative estimate of drug-likeness (QED) is 0.543. The summed E-state index contributed by atoms with van der Waals surface area (Å²) in [6, 6.07) is 0.526. The SMILES string of the molecule is CCC(CC)N(CCBr)c1ncc(I)cn1. The van der Waals surface area contributed by atoms with E-state index in [1.807, 2.05) is 12.4 Å². The fourth-order valence-corrected chi connectivity index (χ4v) is 2.38. The molecule has 1 aromatic rings. The van der Waals surface area contributed by atoms with Crippen molar-refractivity contribution in [1.29, 1.82) is 0 Å². The van der Waals surface area contributed by atoms with E-state index in [0.29, 0.717) is 6.04 Å². The van der Waals surface area contributed by atoms with Gasteiger partial charge in [-0.25, -0.2) is 9.97 Å². The standard InChI is InChI=1S/C11H17BrIN3/c1-3-10(4-2)16(6-5-12)11-14-7-9(13)8-15-11/h7-8,10H,3-6H2,1-2H3. The fourth-order valence-electron chi connectivity index (χ4n) is 1.72. The van der Waals surface area contributed by atoms with E-state index in [-0.39, 0.29) is 0 Å². The van der Waals surface area contributed by atoms with Crippen LogP contribution in [0.5, 0.6) is 0 Å². The van der Waals surface area contributed by atoms with Crippen LogP contribution in [0.3, 0.4) is 0 Å². The van der Waals surface area contributed by atoms with E-state index in [0.717, 1.165) is 34.2 Å². The number of rotatable bonds is 6. The zero-order valence-corrected chi connectivity index (χ0v) is 13.4. The molecule has 1 heterocycles.